The van der Waals surface area contributed by atoms with Gasteiger partial charge in [-0.2, -0.15) is 0 Å². The SMILES string of the molecule is C1=CB(/C=C/c2ccccc2)C=CC1. The van der Waals surface area contributed by atoms with E-state index in [1.165, 1.54) is 5.56 Å². The fourth-order valence-corrected chi connectivity index (χ4v) is 1.53. The molecule has 0 atom stereocenters. The van der Waals surface area contributed by atoms with E-state index in [-0.39, 0.29) is 0 Å². The summed E-state index contributed by atoms with van der Waals surface area (Å²) in [5.41, 5.74) is 1.26. The van der Waals surface area contributed by atoms with E-state index in [1.807, 2.05) is 6.07 Å². The molecule has 68 valence electrons. The Kier molecular flexibility index (Phi) is 3.02. The molecule has 0 aliphatic carbocycles. The zero-order valence-electron chi connectivity index (χ0n) is 8.14. The molecule has 0 aromatic heterocycles. The lowest BCUT2D eigenvalue weighted by Crippen LogP contribution is -2.03. The fourth-order valence-electron chi connectivity index (χ4n) is 1.53. The van der Waals surface area contributed by atoms with E-state index >= 15 is 0 Å². The molecule has 0 radical (unpaired) electrons. The van der Waals surface area contributed by atoms with Gasteiger partial charge in [-0.05, 0) is 12.0 Å². The van der Waals surface area contributed by atoms with Gasteiger partial charge in [0.15, 0.2) is 0 Å². The topological polar surface area (TPSA) is 0 Å². The fraction of sp³-hybridized carbons (Fsp3) is 0.0769. The number of hydrogen-bond acceptors (Lipinski definition) is 0. The van der Waals surface area contributed by atoms with Crippen LogP contribution in [0.3, 0.4) is 0 Å². The first-order valence-electron chi connectivity index (χ1n) is 5.02. The summed E-state index contributed by atoms with van der Waals surface area (Å²) < 4.78 is 0. The molecule has 1 heteroatoms. The molecule has 0 nitrogen and oxygen atoms in total. The Bertz CT molecular complexity index is 348. The second kappa shape index (κ2) is 4.66. The van der Waals surface area contributed by atoms with Crippen molar-refractivity contribution in [2.45, 2.75) is 6.42 Å². The van der Waals surface area contributed by atoms with Gasteiger partial charge < -0.3 is 0 Å². The molecule has 14 heavy (non-hydrogen) atoms. The number of allylic oxidation sites excluding steroid dienone is 2. The Morgan fingerprint density at radius 3 is 2.43 bits per heavy atom. The second-order valence-corrected chi connectivity index (χ2v) is 3.44. The molecule has 0 fully saturated rings. The van der Waals surface area contributed by atoms with Gasteiger partial charge in [0, 0.05) is 0 Å². The highest BCUT2D eigenvalue weighted by Crippen LogP contribution is 2.05. The lowest BCUT2D eigenvalue weighted by molar-refractivity contribution is 1.40. The summed E-state index contributed by atoms with van der Waals surface area (Å²) in [5.74, 6) is 6.69. The first kappa shape index (κ1) is 9.08. The minimum atomic E-state index is 0.476. The number of benzene rings is 1. The molecule has 1 aromatic rings. The van der Waals surface area contributed by atoms with E-state index in [1.54, 1.807) is 0 Å². The standard InChI is InChI=1S/C13H13B/c1-3-7-13(8-4-1)9-12-14-10-5-2-6-11-14/h1,3-12H,2H2/b12-9+. The third-order valence-electron chi connectivity index (χ3n) is 2.30. The molecule has 0 bridgehead atoms. The van der Waals surface area contributed by atoms with E-state index in [4.69, 9.17) is 0 Å². The zero-order valence-corrected chi connectivity index (χ0v) is 8.14. The van der Waals surface area contributed by atoms with E-state index in [0.717, 1.165) is 6.42 Å². The van der Waals surface area contributed by atoms with Crippen LogP contribution in [0, 0.1) is 0 Å². The van der Waals surface area contributed by atoms with Crippen molar-refractivity contribution in [3.8, 4) is 0 Å². The lowest BCUT2D eigenvalue weighted by Gasteiger charge is -2.00. The van der Waals surface area contributed by atoms with Gasteiger partial charge in [-0.15, -0.1) is 17.9 Å². The highest BCUT2D eigenvalue weighted by Gasteiger charge is 2.01. The molecule has 0 N–H and O–H groups in total. The molecule has 0 amide bonds. The minimum Gasteiger partial charge on any atom is -0.110 e. The maximum Gasteiger partial charge on any atom is 0.217 e. The summed E-state index contributed by atoms with van der Waals surface area (Å²) in [7, 11) is 0. The Morgan fingerprint density at radius 1 is 1.00 bits per heavy atom. The minimum absolute atomic E-state index is 0.476. The van der Waals surface area contributed by atoms with E-state index in [2.05, 4.69) is 60.4 Å². The van der Waals surface area contributed by atoms with Crippen LogP contribution >= 0.6 is 0 Å². The summed E-state index contributed by atoms with van der Waals surface area (Å²) in [6, 6.07) is 10.4. The van der Waals surface area contributed by atoms with Gasteiger partial charge in [0.1, 0.15) is 0 Å². The van der Waals surface area contributed by atoms with Gasteiger partial charge in [0.25, 0.3) is 0 Å². The molecule has 1 aliphatic rings. The van der Waals surface area contributed by atoms with Crippen molar-refractivity contribution in [1.82, 2.24) is 0 Å². The lowest BCUT2D eigenvalue weighted by atomic mass is 9.48. The highest BCUT2D eigenvalue weighted by molar-refractivity contribution is 6.75. The highest BCUT2D eigenvalue weighted by atomic mass is 13.8. The van der Waals surface area contributed by atoms with E-state index < -0.39 is 0 Å². The summed E-state index contributed by atoms with van der Waals surface area (Å²) in [6.07, 6.45) is 7.67. The Morgan fingerprint density at radius 2 is 1.71 bits per heavy atom. The quantitative estimate of drug-likeness (QED) is 0.612. The van der Waals surface area contributed by atoms with Crippen molar-refractivity contribution < 1.29 is 0 Å². The van der Waals surface area contributed by atoms with Gasteiger partial charge in [-0.1, -0.05) is 48.6 Å². The van der Waals surface area contributed by atoms with Crippen molar-refractivity contribution in [3.05, 3.63) is 66.0 Å². The van der Waals surface area contributed by atoms with Gasteiger partial charge >= 0.3 is 0 Å². The largest absolute Gasteiger partial charge is 0.217 e. The van der Waals surface area contributed by atoms with Gasteiger partial charge in [-0.25, -0.2) is 0 Å². The molecule has 0 unspecified atom stereocenters. The normalized spacial score (nSPS) is 15.3. The predicted molar refractivity (Wildman–Crippen MR) is 64.1 cm³/mol. The monoisotopic (exact) mass is 180 g/mol. The first-order chi connectivity index (χ1) is 6.95. The molecular formula is C13H13B. The number of hydrogen-bond donors (Lipinski definition) is 0. The van der Waals surface area contributed by atoms with Crippen LogP contribution < -0.4 is 0 Å². The van der Waals surface area contributed by atoms with Crippen LogP contribution in [-0.2, 0) is 0 Å². The van der Waals surface area contributed by atoms with Gasteiger partial charge in [0.05, 0.1) is 0 Å². The van der Waals surface area contributed by atoms with E-state index in [0.29, 0.717) is 6.71 Å². The molecule has 1 aliphatic heterocycles. The Balaban J connectivity index is 2.03. The van der Waals surface area contributed by atoms with Crippen LogP contribution in [0.2, 0.25) is 0 Å². The Labute approximate surface area is 85.7 Å². The summed E-state index contributed by atoms with van der Waals surface area (Å²) in [6.45, 7) is 0.476. The molecular weight excluding hydrogens is 167 g/mol. The smallest absolute Gasteiger partial charge is 0.110 e. The van der Waals surface area contributed by atoms with Gasteiger partial charge in [-0.3, -0.25) is 0 Å². The van der Waals surface area contributed by atoms with Crippen LogP contribution in [0.15, 0.2) is 60.4 Å². The van der Waals surface area contributed by atoms with Crippen LogP contribution in [0.5, 0.6) is 0 Å². The van der Waals surface area contributed by atoms with Crippen molar-refractivity contribution >= 4 is 12.8 Å². The average Bonchev–Trinajstić information content (AvgIpc) is 2.29. The third-order valence-corrected chi connectivity index (χ3v) is 2.30. The number of rotatable bonds is 2. The molecule has 1 aromatic carbocycles. The first-order valence-corrected chi connectivity index (χ1v) is 5.02. The summed E-state index contributed by atoms with van der Waals surface area (Å²) in [4.78, 5) is 0. The van der Waals surface area contributed by atoms with Crippen molar-refractivity contribution in [2.75, 3.05) is 0 Å². The van der Waals surface area contributed by atoms with E-state index in [9.17, 15) is 0 Å². The van der Waals surface area contributed by atoms with Crippen molar-refractivity contribution in [2.24, 2.45) is 0 Å². The van der Waals surface area contributed by atoms with Crippen LogP contribution in [0.25, 0.3) is 6.08 Å². The summed E-state index contributed by atoms with van der Waals surface area (Å²) >= 11 is 0. The third kappa shape index (κ3) is 2.49. The molecule has 0 saturated heterocycles. The van der Waals surface area contributed by atoms with Gasteiger partial charge in [0.2, 0.25) is 6.71 Å². The molecule has 2 rings (SSSR count). The summed E-state index contributed by atoms with van der Waals surface area (Å²) in [5, 5.41) is 0. The zero-order chi connectivity index (χ0) is 9.64. The van der Waals surface area contributed by atoms with Crippen LogP contribution in [0.1, 0.15) is 12.0 Å². The van der Waals surface area contributed by atoms with Crippen molar-refractivity contribution in [1.29, 1.82) is 0 Å². The maximum atomic E-state index is 2.24. The molecule has 1 heterocycles. The molecule has 0 saturated carbocycles. The average molecular weight is 180 g/mol. The van der Waals surface area contributed by atoms with Crippen molar-refractivity contribution in [3.63, 3.8) is 0 Å². The van der Waals surface area contributed by atoms with Crippen LogP contribution in [0.4, 0.5) is 0 Å². The second-order valence-electron chi connectivity index (χ2n) is 3.44. The molecule has 0 spiro atoms. The maximum absolute atomic E-state index is 2.24. The Hall–Kier alpha value is -1.50. The predicted octanol–water partition coefficient (Wildman–Crippen LogP) is 3.33. The van der Waals surface area contributed by atoms with Crippen LogP contribution in [-0.4, -0.2) is 6.71 Å².